The van der Waals surface area contributed by atoms with Crippen molar-refractivity contribution in [2.45, 2.75) is 30.7 Å². The van der Waals surface area contributed by atoms with Crippen LogP contribution in [0.2, 0.25) is 0 Å². The molecule has 0 fully saturated rings. The van der Waals surface area contributed by atoms with Gasteiger partial charge in [-0.3, -0.25) is 9.89 Å². The van der Waals surface area contributed by atoms with Gasteiger partial charge in [0.2, 0.25) is 11.1 Å². The molecular weight excluding hydrogens is 334 g/mol. The van der Waals surface area contributed by atoms with Crippen LogP contribution in [-0.2, 0) is 11.2 Å². The number of aromatic amines is 1. The summed E-state index contributed by atoms with van der Waals surface area (Å²) in [7, 11) is 0. The first-order valence-corrected chi connectivity index (χ1v) is 8.70. The van der Waals surface area contributed by atoms with Crippen molar-refractivity contribution in [2.24, 2.45) is 0 Å². The second kappa shape index (κ2) is 6.97. The Bertz CT molecular complexity index is 781. The largest absolute Gasteiger partial charge is 0.360 e. The van der Waals surface area contributed by atoms with E-state index in [-0.39, 0.29) is 11.2 Å². The third-order valence-corrected chi connectivity index (χ3v) is 4.80. The van der Waals surface area contributed by atoms with Crippen molar-refractivity contribution in [3.05, 3.63) is 40.0 Å². The predicted molar refractivity (Wildman–Crippen MR) is 88.7 cm³/mol. The van der Waals surface area contributed by atoms with Crippen molar-refractivity contribution in [3.63, 3.8) is 0 Å². The Morgan fingerprint density at radius 1 is 1.57 bits per heavy atom. The standard InChI is InChI=1S/C14H15N5O2S2/c1-8-6-12(19-21-8)15-13(20)9(2)23-14-16-11(17-18-14)7-10-4-3-5-22-10/h3-6,9H,7H2,1-2H3,(H,15,19,20)(H,16,17,18)/t9-/m1/s1. The Morgan fingerprint density at radius 3 is 3.13 bits per heavy atom. The Labute approximate surface area is 140 Å². The number of thioether (sulfide) groups is 1. The second-order valence-corrected chi connectivity index (χ2v) is 7.23. The van der Waals surface area contributed by atoms with Gasteiger partial charge in [0.05, 0.1) is 5.25 Å². The summed E-state index contributed by atoms with van der Waals surface area (Å²) >= 11 is 2.97. The van der Waals surface area contributed by atoms with Gasteiger partial charge in [-0.1, -0.05) is 23.0 Å². The lowest BCUT2D eigenvalue weighted by Crippen LogP contribution is -2.22. The summed E-state index contributed by atoms with van der Waals surface area (Å²) in [6.45, 7) is 3.56. The quantitative estimate of drug-likeness (QED) is 0.664. The van der Waals surface area contributed by atoms with Crippen LogP contribution in [0.5, 0.6) is 0 Å². The summed E-state index contributed by atoms with van der Waals surface area (Å²) < 4.78 is 4.92. The molecule has 7 nitrogen and oxygen atoms in total. The van der Waals surface area contributed by atoms with Gasteiger partial charge in [-0.25, -0.2) is 4.98 Å². The van der Waals surface area contributed by atoms with Gasteiger partial charge >= 0.3 is 0 Å². The lowest BCUT2D eigenvalue weighted by Gasteiger charge is -2.07. The predicted octanol–water partition coefficient (Wildman–Crippen LogP) is 2.87. The van der Waals surface area contributed by atoms with E-state index in [1.165, 1.54) is 16.6 Å². The molecule has 0 spiro atoms. The number of aryl methyl sites for hydroxylation is 1. The highest BCUT2D eigenvalue weighted by atomic mass is 32.2. The number of anilines is 1. The normalized spacial score (nSPS) is 12.3. The minimum Gasteiger partial charge on any atom is -0.360 e. The van der Waals surface area contributed by atoms with E-state index in [0.717, 1.165) is 5.82 Å². The molecule has 1 atom stereocenters. The Kier molecular flexibility index (Phi) is 4.77. The first-order valence-electron chi connectivity index (χ1n) is 6.94. The average Bonchev–Trinajstić information content (AvgIpc) is 3.24. The summed E-state index contributed by atoms with van der Waals surface area (Å²) in [5.74, 6) is 1.67. The lowest BCUT2D eigenvalue weighted by atomic mass is 10.3. The molecule has 0 aliphatic heterocycles. The van der Waals surface area contributed by atoms with Crippen LogP contribution in [0.4, 0.5) is 5.82 Å². The van der Waals surface area contributed by atoms with E-state index in [9.17, 15) is 4.79 Å². The van der Waals surface area contributed by atoms with Crippen LogP contribution in [-0.4, -0.2) is 31.5 Å². The molecule has 3 aromatic heterocycles. The molecule has 3 heterocycles. The van der Waals surface area contributed by atoms with E-state index in [1.807, 2.05) is 11.4 Å². The zero-order valence-corrected chi connectivity index (χ0v) is 14.2. The number of hydrogen-bond donors (Lipinski definition) is 2. The molecule has 0 saturated heterocycles. The SMILES string of the molecule is Cc1cc(NC(=O)[C@@H](C)Sc2n[nH]c(Cc3cccs3)n2)no1. The van der Waals surface area contributed by atoms with Crippen molar-refractivity contribution in [2.75, 3.05) is 5.32 Å². The molecule has 0 aliphatic carbocycles. The molecule has 2 N–H and O–H groups in total. The molecular formula is C14H15N5O2S2. The maximum absolute atomic E-state index is 12.1. The minimum absolute atomic E-state index is 0.173. The van der Waals surface area contributed by atoms with Crippen LogP contribution >= 0.6 is 23.1 Å². The molecule has 0 saturated carbocycles. The number of rotatable bonds is 6. The molecule has 1 amide bonds. The molecule has 120 valence electrons. The summed E-state index contributed by atoms with van der Waals surface area (Å²) in [5.41, 5.74) is 0. The first-order chi connectivity index (χ1) is 11.1. The fourth-order valence-corrected chi connectivity index (χ4v) is 3.31. The van der Waals surface area contributed by atoms with Gasteiger partial charge in [0.15, 0.2) is 5.82 Å². The molecule has 9 heteroatoms. The van der Waals surface area contributed by atoms with Crippen molar-refractivity contribution in [1.82, 2.24) is 20.3 Å². The first kappa shape index (κ1) is 15.8. The molecule has 23 heavy (non-hydrogen) atoms. The van der Waals surface area contributed by atoms with Gasteiger partial charge in [-0.15, -0.1) is 16.4 Å². The number of H-pyrrole nitrogens is 1. The number of carbonyl (C=O) groups is 1. The van der Waals surface area contributed by atoms with Crippen molar-refractivity contribution in [3.8, 4) is 0 Å². The molecule has 0 radical (unpaired) electrons. The van der Waals surface area contributed by atoms with E-state index in [1.54, 1.807) is 31.3 Å². The van der Waals surface area contributed by atoms with Gasteiger partial charge in [-0.2, -0.15) is 0 Å². The summed E-state index contributed by atoms with van der Waals surface area (Å²) in [5, 5.41) is 15.7. The van der Waals surface area contributed by atoms with Crippen LogP contribution in [0.3, 0.4) is 0 Å². The third-order valence-electron chi connectivity index (χ3n) is 2.96. The summed E-state index contributed by atoms with van der Waals surface area (Å²) in [6.07, 6.45) is 0.712. The molecule has 0 unspecified atom stereocenters. The van der Waals surface area contributed by atoms with Gasteiger partial charge in [-0.05, 0) is 25.3 Å². The number of amides is 1. The second-order valence-electron chi connectivity index (χ2n) is 4.89. The smallest absolute Gasteiger partial charge is 0.238 e. The molecule has 3 aromatic rings. The van der Waals surface area contributed by atoms with E-state index in [0.29, 0.717) is 23.2 Å². The highest BCUT2D eigenvalue weighted by Gasteiger charge is 2.18. The summed E-state index contributed by atoms with van der Waals surface area (Å²) in [4.78, 5) is 17.7. The van der Waals surface area contributed by atoms with E-state index >= 15 is 0 Å². The maximum atomic E-state index is 12.1. The van der Waals surface area contributed by atoms with Gasteiger partial charge in [0.1, 0.15) is 11.6 Å². The average molecular weight is 349 g/mol. The Hall–Kier alpha value is -2.13. The molecule has 3 rings (SSSR count). The molecule has 0 bridgehead atoms. The highest BCUT2D eigenvalue weighted by molar-refractivity contribution is 8.00. The molecule has 0 aliphatic rings. The van der Waals surface area contributed by atoms with Gasteiger partial charge in [0, 0.05) is 17.4 Å². The number of nitrogens with zero attached hydrogens (tertiary/aromatic N) is 3. The number of carbonyl (C=O) groups excluding carboxylic acids is 1. The maximum Gasteiger partial charge on any atom is 0.238 e. The fourth-order valence-electron chi connectivity index (χ4n) is 1.85. The third kappa shape index (κ3) is 4.20. The fraction of sp³-hybridized carbons (Fsp3) is 0.286. The zero-order chi connectivity index (χ0) is 16.2. The Morgan fingerprint density at radius 2 is 2.43 bits per heavy atom. The lowest BCUT2D eigenvalue weighted by molar-refractivity contribution is -0.115. The minimum atomic E-state index is -0.350. The van der Waals surface area contributed by atoms with Gasteiger partial charge < -0.3 is 9.84 Å². The van der Waals surface area contributed by atoms with Crippen molar-refractivity contribution in [1.29, 1.82) is 0 Å². The number of thiophene rings is 1. The van der Waals surface area contributed by atoms with Crippen LogP contribution in [0.15, 0.2) is 33.3 Å². The van der Waals surface area contributed by atoms with E-state index < -0.39 is 0 Å². The topological polar surface area (TPSA) is 96.7 Å². The van der Waals surface area contributed by atoms with Crippen LogP contribution in [0.25, 0.3) is 0 Å². The van der Waals surface area contributed by atoms with Gasteiger partial charge in [0.25, 0.3) is 0 Å². The Balaban J connectivity index is 1.56. The monoisotopic (exact) mass is 349 g/mol. The van der Waals surface area contributed by atoms with E-state index in [2.05, 4.69) is 31.7 Å². The van der Waals surface area contributed by atoms with Crippen LogP contribution < -0.4 is 5.32 Å². The number of nitrogens with one attached hydrogen (secondary N) is 2. The highest BCUT2D eigenvalue weighted by Crippen LogP contribution is 2.21. The van der Waals surface area contributed by atoms with Crippen LogP contribution in [0, 0.1) is 6.92 Å². The molecule has 0 aromatic carbocycles. The zero-order valence-electron chi connectivity index (χ0n) is 12.6. The number of aromatic nitrogens is 4. The number of hydrogen-bond acceptors (Lipinski definition) is 7. The van der Waals surface area contributed by atoms with Crippen LogP contribution in [0.1, 0.15) is 23.4 Å². The van der Waals surface area contributed by atoms with Crippen molar-refractivity contribution >= 4 is 34.8 Å². The van der Waals surface area contributed by atoms with E-state index in [4.69, 9.17) is 4.52 Å². The summed E-state index contributed by atoms with van der Waals surface area (Å²) in [6, 6.07) is 5.72. The van der Waals surface area contributed by atoms with Crippen molar-refractivity contribution < 1.29 is 9.32 Å².